The van der Waals surface area contributed by atoms with E-state index >= 15 is 0 Å². The standard InChI is InChI=1S/C26H28FN3O4S/c1-18(31)28-24(17-19-9-11-21(27)12-10-19)26(32)29-22-13-15-30(16-14-22)35(33,34)25-8-4-6-20-5-2-3-7-23(20)25/h2-12,22,24H,13-17H2,1H3,(H,28,31)(H,29,32)/t24-/m0/s1. The van der Waals surface area contributed by atoms with Crippen LogP contribution in [0.3, 0.4) is 0 Å². The predicted molar refractivity (Wildman–Crippen MR) is 132 cm³/mol. The number of rotatable bonds is 7. The van der Waals surface area contributed by atoms with Crippen LogP contribution in [0, 0.1) is 5.82 Å². The number of halogens is 1. The fourth-order valence-corrected chi connectivity index (χ4v) is 6.10. The van der Waals surface area contributed by atoms with Crippen molar-refractivity contribution in [1.82, 2.24) is 14.9 Å². The monoisotopic (exact) mass is 497 g/mol. The lowest BCUT2D eigenvalue weighted by Gasteiger charge is -2.32. The molecule has 0 saturated carbocycles. The lowest BCUT2D eigenvalue weighted by Crippen LogP contribution is -2.53. The largest absolute Gasteiger partial charge is 0.351 e. The van der Waals surface area contributed by atoms with Crippen LogP contribution >= 0.6 is 0 Å². The molecule has 1 heterocycles. The summed E-state index contributed by atoms with van der Waals surface area (Å²) in [4.78, 5) is 24.9. The van der Waals surface area contributed by atoms with Gasteiger partial charge in [0.1, 0.15) is 11.9 Å². The molecule has 1 aliphatic heterocycles. The minimum absolute atomic E-state index is 0.217. The first kappa shape index (κ1) is 24.8. The number of carbonyl (C=O) groups is 2. The summed E-state index contributed by atoms with van der Waals surface area (Å²) in [6, 6.07) is 17.4. The minimum Gasteiger partial charge on any atom is -0.351 e. The Kier molecular flexibility index (Phi) is 7.47. The van der Waals surface area contributed by atoms with Gasteiger partial charge in [-0.1, -0.05) is 48.5 Å². The van der Waals surface area contributed by atoms with Gasteiger partial charge in [-0.25, -0.2) is 12.8 Å². The van der Waals surface area contributed by atoms with Gasteiger partial charge in [0.15, 0.2) is 0 Å². The Hall–Kier alpha value is -3.30. The highest BCUT2D eigenvalue weighted by molar-refractivity contribution is 7.89. The van der Waals surface area contributed by atoms with E-state index in [-0.39, 0.29) is 48.1 Å². The minimum atomic E-state index is -3.68. The van der Waals surface area contributed by atoms with Gasteiger partial charge < -0.3 is 10.6 Å². The zero-order chi connectivity index (χ0) is 25.0. The molecule has 7 nitrogen and oxygen atoms in total. The van der Waals surface area contributed by atoms with Crippen LogP contribution in [0.4, 0.5) is 4.39 Å². The smallest absolute Gasteiger partial charge is 0.243 e. The maximum Gasteiger partial charge on any atom is 0.243 e. The predicted octanol–water partition coefficient (Wildman–Crippen LogP) is 3.00. The average Bonchev–Trinajstić information content (AvgIpc) is 2.84. The molecular formula is C26H28FN3O4S. The molecule has 0 spiro atoms. The van der Waals surface area contributed by atoms with Crippen molar-refractivity contribution in [2.24, 2.45) is 0 Å². The number of hydrogen-bond acceptors (Lipinski definition) is 4. The first-order chi connectivity index (χ1) is 16.7. The third kappa shape index (κ3) is 5.86. The van der Waals surface area contributed by atoms with Gasteiger partial charge in [0, 0.05) is 37.9 Å². The average molecular weight is 498 g/mol. The molecule has 4 rings (SSSR count). The van der Waals surface area contributed by atoms with Crippen LogP contribution in [-0.4, -0.2) is 49.7 Å². The van der Waals surface area contributed by atoms with Gasteiger partial charge in [-0.2, -0.15) is 4.31 Å². The van der Waals surface area contributed by atoms with Gasteiger partial charge >= 0.3 is 0 Å². The van der Waals surface area contributed by atoms with Crippen molar-refractivity contribution in [3.8, 4) is 0 Å². The molecule has 0 aliphatic carbocycles. The highest BCUT2D eigenvalue weighted by Crippen LogP contribution is 2.27. The summed E-state index contributed by atoms with van der Waals surface area (Å²) in [5.41, 5.74) is 0.719. The highest BCUT2D eigenvalue weighted by atomic mass is 32.2. The molecule has 184 valence electrons. The van der Waals surface area contributed by atoms with Gasteiger partial charge in [-0.15, -0.1) is 0 Å². The molecule has 3 aromatic carbocycles. The molecule has 1 aliphatic rings. The number of nitrogens with zero attached hydrogens (tertiary/aromatic N) is 1. The van der Waals surface area contributed by atoms with Crippen molar-refractivity contribution in [2.45, 2.75) is 43.2 Å². The lowest BCUT2D eigenvalue weighted by atomic mass is 10.0. The van der Waals surface area contributed by atoms with Crippen molar-refractivity contribution in [2.75, 3.05) is 13.1 Å². The molecule has 1 saturated heterocycles. The van der Waals surface area contributed by atoms with E-state index in [4.69, 9.17) is 0 Å². The van der Waals surface area contributed by atoms with E-state index in [1.165, 1.54) is 23.4 Å². The van der Waals surface area contributed by atoms with Crippen LogP contribution in [0.25, 0.3) is 10.8 Å². The molecule has 35 heavy (non-hydrogen) atoms. The molecule has 0 radical (unpaired) electrons. The van der Waals surface area contributed by atoms with Gasteiger partial charge in [0.25, 0.3) is 0 Å². The topological polar surface area (TPSA) is 95.6 Å². The summed E-state index contributed by atoms with van der Waals surface area (Å²) in [5, 5.41) is 7.15. The Balaban J connectivity index is 1.40. The maximum absolute atomic E-state index is 13.4. The van der Waals surface area contributed by atoms with Crippen molar-refractivity contribution in [3.05, 3.63) is 78.1 Å². The zero-order valence-electron chi connectivity index (χ0n) is 19.4. The van der Waals surface area contributed by atoms with Gasteiger partial charge in [-0.3, -0.25) is 9.59 Å². The summed E-state index contributed by atoms with van der Waals surface area (Å²) in [5.74, 6) is -1.07. The van der Waals surface area contributed by atoms with Crippen molar-refractivity contribution < 1.29 is 22.4 Å². The van der Waals surface area contributed by atoms with Gasteiger partial charge in [-0.05, 0) is 42.0 Å². The van der Waals surface area contributed by atoms with E-state index in [0.717, 1.165) is 10.9 Å². The number of amides is 2. The first-order valence-electron chi connectivity index (χ1n) is 11.5. The van der Waals surface area contributed by atoms with Crippen LogP contribution in [0.15, 0.2) is 71.6 Å². The van der Waals surface area contributed by atoms with Crippen molar-refractivity contribution in [3.63, 3.8) is 0 Å². The number of carbonyl (C=O) groups excluding carboxylic acids is 2. The molecule has 0 bridgehead atoms. The Morgan fingerprint density at radius 1 is 1.00 bits per heavy atom. The summed E-state index contributed by atoms with van der Waals surface area (Å²) in [6.45, 7) is 1.89. The van der Waals surface area contributed by atoms with Crippen molar-refractivity contribution >= 4 is 32.6 Å². The van der Waals surface area contributed by atoms with Crippen molar-refractivity contribution in [1.29, 1.82) is 0 Å². The van der Waals surface area contributed by atoms with E-state index in [0.29, 0.717) is 18.2 Å². The molecule has 9 heteroatoms. The summed E-state index contributed by atoms with van der Waals surface area (Å²) < 4.78 is 41.4. The number of piperidine rings is 1. The normalized spacial score (nSPS) is 16.1. The molecule has 1 atom stereocenters. The summed E-state index contributed by atoms with van der Waals surface area (Å²) in [6.07, 6.45) is 1.14. The maximum atomic E-state index is 13.4. The van der Waals surface area contributed by atoms with Gasteiger partial charge in [0.05, 0.1) is 4.90 Å². The molecule has 2 N–H and O–H groups in total. The second kappa shape index (κ2) is 10.5. The summed E-state index contributed by atoms with van der Waals surface area (Å²) >= 11 is 0. The highest BCUT2D eigenvalue weighted by Gasteiger charge is 2.32. The Bertz CT molecular complexity index is 1310. The van der Waals surface area contributed by atoms with E-state index in [2.05, 4.69) is 10.6 Å². The second-order valence-corrected chi connectivity index (χ2v) is 10.7. The second-order valence-electron chi connectivity index (χ2n) is 8.75. The van der Waals surface area contributed by atoms with Crippen LogP contribution in [0.1, 0.15) is 25.3 Å². The van der Waals surface area contributed by atoms with Crippen LogP contribution in [-0.2, 0) is 26.0 Å². The molecule has 1 fully saturated rings. The third-order valence-electron chi connectivity index (χ3n) is 6.21. The molecule has 3 aromatic rings. The van der Waals surface area contributed by atoms with Crippen LogP contribution in [0.2, 0.25) is 0 Å². The number of benzene rings is 3. The van der Waals surface area contributed by atoms with E-state index in [1.807, 2.05) is 24.3 Å². The Labute approximate surface area is 204 Å². The summed E-state index contributed by atoms with van der Waals surface area (Å²) in [7, 11) is -3.68. The van der Waals surface area contributed by atoms with E-state index in [1.54, 1.807) is 30.3 Å². The fourth-order valence-electron chi connectivity index (χ4n) is 4.41. The Morgan fingerprint density at radius 2 is 1.66 bits per heavy atom. The number of sulfonamides is 1. The lowest BCUT2D eigenvalue weighted by molar-refractivity contribution is -0.128. The molecule has 2 amide bonds. The third-order valence-corrected chi connectivity index (χ3v) is 8.17. The first-order valence-corrected chi connectivity index (χ1v) is 13.0. The number of fused-ring (bicyclic) bond motifs is 1. The van der Waals surface area contributed by atoms with E-state index < -0.39 is 16.1 Å². The van der Waals surface area contributed by atoms with Crippen LogP contribution in [0.5, 0.6) is 0 Å². The van der Waals surface area contributed by atoms with E-state index in [9.17, 15) is 22.4 Å². The number of hydrogen-bond donors (Lipinski definition) is 2. The molecule has 0 aromatic heterocycles. The Morgan fingerprint density at radius 3 is 2.34 bits per heavy atom. The SMILES string of the molecule is CC(=O)N[C@@H](Cc1ccc(F)cc1)C(=O)NC1CCN(S(=O)(=O)c2cccc3ccccc23)CC1. The molecular weight excluding hydrogens is 469 g/mol. The quantitative estimate of drug-likeness (QED) is 0.525. The van der Waals surface area contributed by atoms with Crippen LogP contribution < -0.4 is 10.6 Å². The number of nitrogens with one attached hydrogen (secondary N) is 2. The zero-order valence-corrected chi connectivity index (χ0v) is 20.2. The van der Waals surface area contributed by atoms with Gasteiger partial charge in [0.2, 0.25) is 21.8 Å². The fraction of sp³-hybridized carbons (Fsp3) is 0.308. The molecule has 0 unspecified atom stereocenters.